The van der Waals surface area contributed by atoms with Gasteiger partial charge in [0.15, 0.2) is 0 Å². The van der Waals surface area contributed by atoms with Crippen LogP contribution in [0.2, 0.25) is 0 Å². The Kier molecular flexibility index (Phi) is 7.23. The van der Waals surface area contributed by atoms with Crippen LogP contribution in [0, 0.1) is 12.8 Å². The number of thioether (sulfide) groups is 1. The fourth-order valence-corrected chi connectivity index (χ4v) is 4.34. The molecule has 146 valence electrons. The molecule has 0 aromatic carbocycles. The van der Waals surface area contributed by atoms with E-state index in [1.165, 1.54) is 16.4 Å². The number of primary amides is 1. The van der Waals surface area contributed by atoms with E-state index in [2.05, 4.69) is 18.9 Å². The molecule has 1 aliphatic heterocycles. The van der Waals surface area contributed by atoms with Crippen molar-refractivity contribution in [3.63, 3.8) is 0 Å². The molecule has 0 bridgehead atoms. The Bertz CT molecular complexity index is 688. The lowest BCUT2D eigenvalue weighted by atomic mass is 10.0. The minimum atomic E-state index is -0.780. The molecule has 2 rings (SSSR count). The lowest BCUT2D eigenvalue weighted by Crippen LogP contribution is -2.49. The summed E-state index contributed by atoms with van der Waals surface area (Å²) < 4.78 is 14.2. The smallest absolute Gasteiger partial charge is 0.270 e. The van der Waals surface area contributed by atoms with E-state index >= 15 is 0 Å². The number of rotatable bonds is 9. The van der Waals surface area contributed by atoms with Crippen LogP contribution < -0.4 is 11.3 Å². The summed E-state index contributed by atoms with van der Waals surface area (Å²) in [4.78, 5) is 26.8. The molecule has 2 atom stereocenters. The Labute approximate surface area is 158 Å². The Morgan fingerprint density at radius 2 is 2.12 bits per heavy atom. The molecule has 0 spiro atoms. The fraction of sp³-hybridized carbons (Fsp3) is 0.722. The second-order valence-electron chi connectivity index (χ2n) is 7.43. The van der Waals surface area contributed by atoms with Gasteiger partial charge in [0.05, 0.1) is 5.69 Å². The highest BCUT2D eigenvalue weighted by Crippen LogP contribution is 2.27. The van der Waals surface area contributed by atoms with Gasteiger partial charge in [-0.3, -0.25) is 14.5 Å². The third-order valence-corrected chi connectivity index (χ3v) is 5.73. The molecule has 1 amide bonds. The summed E-state index contributed by atoms with van der Waals surface area (Å²) >= 11 is 1.53. The van der Waals surface area contributed by atoms with E-state index < -0.39 is 18.1 Å². The molecular formula is C18H29FN4O2S. The number of hydrogen-bond acceptors (Lipinski definition) is 5. The molecule has 1 fully saturated rings. The largest absolute Gasteiger partial charge is 0.368 e. The molecule has 1 aromatic rings. The molecular weight excluding hydrogens is 355 g/mol. The van der Waals surface area contributed by atoms with Crippen LogP contribution in [0.3, 0.4) is 0 Å². The van der Waals surface area contributed by atoms with Crippen molar-refractivity contribution >= 4 is 17.7 Å². The Balaban J connectivity index is 2.28. The van der Waals surface area contributed by atoms with Crippen molar-refractivity contribution in [2.75, 3.05) is 25.9 Å². The van der Waals surface area contributed by atoms with Gasteiger partial charge < -0.3 is 5.73 Å². The standard InChI is InChI=1S/C18H29FN4O2S/c1-11(2)7-15(26-4)16(17(20)24)23-18(25)12(3)8-14(21-23)5-6-22-9-13(19)10-22/h8,11,13,15-16H,5-7,9-10H2,1-4H3,(H2,20,24). The average Bonchev–Trinajstić information content (AvgIpc) is 2.53. The number of alkyl halides is 1. The van der Waals surface area contributed by atoms with Gasteiger partial charge in [-0.15, -0.1) is 0 Å². The summed E-state index contributed by atoms with van der Waals surface area (Å²) in [6.07, 6.45) is 2.55. The predicted octanol–water partition coefficient (Wildman–Crippen LogP) is 1.55. The summed E-state index contributed by atoms with van der Waals surface area (Å²) in [5.41, 5.74) is 6.63. The fourth-order valence-electron chi connectivity index (χ4n) is 3.26. The first-order valence-electron chi connectivity index (χ1n) is 9.00. The highest BCUT2D eigenvalue weighted by Gasteiger charge is 2.31. The van der Waals surface area contributed by atoms with Crippen molar-refractivity contribution in [2.45, 2.75) is 51.1 Å². The van der Waals surface area contributed by atoms with Gasteiger partial charge in [0.2, 0.25) is 5.91 Å². The maximum atomic E-state index is 12.9. The van der Waals surface area contributed by atoms with Crippen molar-refractivity contribution in [2.24, 2.45) is 11.7 Å². The van der Waals surface area contributed by atoms with Crippen LogP contribution >= 0.6 is 11.8 Å². The maximum Gasteiger partial charge on any atom is 0.270 e. The normalized spacial score (nSPS) is 17.9. The van der Waals surface area contributed by atoms with Crippen LogP contribution in [-0.2, 0) is 11.2 Å². The first kappa shape index (κ1) is 20.9. The van der Waals surface area contributed by atoms with Gasteiger partial charge >= 0.3 is 0 Å². The molecule has 1 aliphatic rings. The highest BCUT2D eigenvalue weighted by atomic mass is 32.2. The van der Waals surface area contributed by atoms with E-state index in [0.29, 0.717) is 37.5 Å². The van der Waals surface area contributed by atoms with Crippen LogP contribution in [-0.4, -0.2) is 57.9 Å². The number of halogens is 1. The lowest BCUT2D eigenvalue weighted by Gasteiger charge is -2.34. The van der Waals surface area contributed by atoms with E-state index in [1.54, 1.807) is 13.0 Å². The molecule has 6 nitrogen and oxygen atoms in total. The molecule has 0 saturated carbocycles. The number of carbonyl (C=O) groups is 1. The topological polar surface area (TPSA) is 81.2 Å². The predicted molar refractivity (Wildman–Crippen MR) is 103 cm³/mol. The third kappa shape index (κ3) is 5.07. The van der Waals surface area contributed by atoms with Crippen molar-refractivity contribution in [1.82, 2.24) is 14.7 Å². The molecule has 2 N–H and O–H groups in total. The summed E-state index contributed by atoms with van der Waals surface area (Å²) in [5, 5.41) is 4.33. The lowest BCUT2D eigenvalue weighted by molar-refractivity contribution is -0.121. The minimum Gasteiger partial charge on any atom is -0.368 e. The van der Waals surface area contributed by atoms with E-state index in [9.17, 15) is 14.0 Å². The second kappa shape index (κ2) is 8.99. The van der Waals surface area contributed by atoms with Gasteiger partial charge in [-0.2, -0.15) is 16.9 Å². The van der Waals surface area contributed by atoms with Crippen LogP contribution in [0.1, 0.15) is 37.6 Å². The van der Waals surface area contributed by atoms with Crippen molar-refractivity contribution in [1.29, 1.82) is 0 Å². The first-order chi connectivity index (χ1) is 12.2. The van der Waals surface area contributed by atoms with E-state index in [4.69, 9.17) is 5.73 Å². The number of amides is 1. The summed E-state index contributed by atoms with van der Waals surface area (Å²) in [5.74, 6) is -0.173. The number of nitrogens with two attached hydrogens (primary N) is 1. The van der Waals surface area contributed by atoms with E-state index in [-0.39, 0.29) is 10.8 Å². The zero-order chi connectivity index (χ0) is 19.4. The van der Waals surface area contributed by atoms with Crippen molar-refractivity contribution in [3.05, 3.63) is 27.7 Å². The molecule has 26 heavy (non-hydrogen) atoms. The van der Waals surface area contributed by atoms with Gasteiger partial charge in [-0.25, -0.2) is 9.07 Å². The monoisotopic (exact) mass is 384 g/mol. The number of carbonyl (C=O) groups excluding carboxylic acids is 1. The number of hydrogen-bond donors (Lipinski definition) is 1. The van der Waals surface area contributed by atoms with Gasteiger partial charge in [-0.1, -0.05) is 13.8 Å². The van der Waals surface area contributed by atoms with Gasteiger partial charge in [0.25, 0.3) is 5.56 Å². The summed E-state index contributed by atoms with van der Waals surface area (Å²) in [7, 11) is 0. The Morgan fingerprint density at radius 1 is 1.46 bits per heavy atom. The van der Waals surface area contributed by atoms with Crippen molar-refractivity contribution < 1.29 is 9.18 Å². The van der Waals surface area contributed by atoms with Crippen LogP contribution in [0.15, 0.2) is 10.9 Å². The molecule has 8 heteroatoms. The molecule has 0 radical (unpaired) electrons. The SMILES string of the molecule is CSC(CC(C)C)C(C(N)=O)n1nc(CCN2CC(F)C2)cc(C)c1=O. The van der Waals surface area contributed by atoms with Gasteiger partial charge in [0, 0.05) is 36.9 Å². The van der Waals surface area contributed by atoms with Gasteiger partial charge in [0.1, 0.15) is 12.2 Å². The molecule has 2 heterocycles. The van der Waals surface area contributed by atoms with Crippen LogP contribution in [0.4, 0.5) is 4.39 Å². The highest BCUT2D eigenvalue weighted by molar-refractivity contribution is 7.99. The quantitative estimate of drug-likeness (QED) is 0.699. The molecule has 1 saturated heterocycles. The Morgan fingerprint density at radius 3 is 2.62 bits per heavy atom. The average molecular weight is 385 g/mol. The maximum absolute atomic E-state index is 12.9. The zero-order valence-corrected chi connectivity index (χ0v) is 16.8. The number of likely N-dealkylation sites (tertiary alicyclic amines) is 1. The zero-order valence-electron chi connectivity index (χ0n) is 15.9. The van der Waals surface area contributed by atoms with E-state index in [0.717, 1.165) is 12.1 Å². The second-order valence-corrected chi connectivity index (χ2v) is 8.50. The molecule has 2 unspecified atom stereocenters. The number of nitrogens with zero attached hydrogens (tertiary/aromatic N) is 3. The van der Waals surface area contributed by atoms with Crippen LogP contribution in [0.5, 0.6) is 0 Å². The molecule has 1 aromatic heterocycles. The molecule has 0 aliphatic carbocycles. The van der Waals surface area contributed by atoms with Crippen LogP contribution in [0.25, 0.3) is 0 Å². The van der Waals surface area contributed by atoms with E-state index in [1.807, 2.05) is 11.2 Å². The van der Waals surface area contributed by atoms with Crippen molar-refractivity contribution in [3.8, 4) is 0 Å². The minimum absolute atomic E-state index is 0.116. The number of aryl methyl sites for hydroxylation is 1. The summed E-state index contributed by atoms with van der Waals surface area (Å²) in [6, 6.07) is 0.970. The Hall–Kier alpha value is -1.41. The third-order valence-electron chi connectivity index (χ3n) is 4.68. The van der Waals surface area contributed by atoms with Gasteiger partial charge in [-0.05, 0) is 31.6 Å². The number of aromatic nitrogens is 2. The summed E-state index contributed by atoms with van der Waals surface area (Å²) in [6.45, 7) is 7.45. The first-order valence-corrected chi connectivity index (χ1v) is 10.3.